The zero-order valence-electron chi connectivity index (χ0n) is 15.1. The van der Waals surface area contributed by atoms with Crippen LogP contribution >= 0.6 is 0 Å². The van der Waals surface area contributed by atoms with Gasteiger partial charge in [0.25, 0.3) is 0 Å². The summed E-state index contributed by atoms with van der Waals surface area (Å²) in [6.45, 7) is 1.96. The van der Waals surface area contributed by atoms with E-state index in [-0.39, 0.29) is 18.1 Å². The monoisotopic (exact) mass is 355 g/mol. The molecule has 26 heavy (non-hydrogen) atoms. The lowest BCUT2D eigenvalue weighted by Gasteiger charge is -2.28. The van der Waals surface area contributed by atoms with Gasteiger partial charge in [0, 0.05) is 39.1 Å². The van der Waals surface area contributed by atoms with Crippen molar-refractivity contribution in [2.75, 3.05) is 13.7 Å². The number of fused-ring (bicyclic) bond motifs is 3. The molecule has 1 saturated heterocycles. The van der Waals surface area contributed by atoms with Gasteiger partial charge < -0.3 is 19.5 Å². The molecule has 0 spiro atoms. The number of ether oxygens (including phenoxy) is 1. The first-order chi connectivity index (χ1) is 12.8. The minimum Gasteiger partial charge on any atom is -0.384 e. The molecule has 2 aromatic rings. The van der Waals surface area contributed by atoms with Crippen molar-refractivity contribution < 1.29 is 9.53 Å². The number of carbonyl (C=O) groups is 1. The molecule has 0 radical (unpaired) electrons. The molecule has 2 aliphatic heterocycles. The van der Waals surface area contributed by atoms with Crippen LogP contribution in [0.3, 0.4) is 0 Å². The van der Waals surface area contributed by atoms with E-state index in [2.05, 4.69) is 20.1 Å². The number of nitrogens with zero attached hydrogens (tertiary/aromatic N) is 4. The van der Waals surface area contributed by atoms with E-state index in [0.717, 1.165) is 49.4 Å². The van der Waals surface area contributed by atoms with E-state index in [9.17, 15) is 4.79 Å². The van der Waals surface area contributed by atoms with Gasteiger partial charge in [0.2, 0.25) is 0 Å². The standard InChI is InChI=1S/C19H25N5O2/c1-26-10-9-17-21-22-18-11-15-7-8-16(13-23(17)18)24(15)19(25)20-12-14-5-3-2-4-6-14/h2-6,15-16H,7-13H2,1H3,(H,20,25). The van der Waals surface area contributed by atoms with Gasteiger partial charge in [-0.2, -0.15) is 0 Å². The number of rotatable bonds is 5. The summed E-state index contributed by atoms with van der Waals surface area (Å²) in [5.41, 5.74) is 1.11. The SMILES string of the molecule is COCCc1nnc2n1CC1CCC(C2)N1C(=O)NCc1ccccc1. The van der Waals surface area contributed by atoms with E-state index in [4.69, 9.17) is 4.74 Å². The summed E-state index contributed by atoms with van der Waals surface area (Å²) in [4.78, 5) is 14.9. The average molecular weight is 355 g/mol. The molecule has 1 fully saturated rings. The maximum atomic E-state index is 12.9. The Labute approximate surface area is 153 Å². The zero-order chi connectivity index (χ0) is 17.9. The summed E-state index contributed by atoms with van der Waals surface area (Å²) >= 11 is 0. The first-order valence-electron chi connectivity index (χ1n) is 9.26. The van der Waals surface area contributed by atoms with Crippen molar-refractivity contribution in [2.45, 2.75) is 50.9 Å². The highest BCUT2D eigenvalue weighted by molar-refractivity contribution is 5.75. The molecule has 0 saturated carbocycles. The van der Waals surface area contributed by atoms with Gasteiger partial charge in [-0.05, 0) is 18.4 Å². The Morgan fingerprint density at radius 3 is 2.85 bits per heavy atom. The van der Waals surface area contributed by atoms with E-state index in [0.29, 0.717) is 13.2 Å². The van der Waals surface area contributed by atoms with Crippen molar-refractivity contribution in [3.8, 4) is 0 Å². The van der Waals surface area contributed by atoms with E-state index in [1.807, 2.05) is 35.2 Å². The fraction of sp³-hybridized carbons (Fsp3) is 0.526. The molecule has 7 nitrogen and oxygen atoms in total. The topological polar surface area (TPSA) is 72.3 Å². The van der Waals surface area contributed by atoms with Gasteiger partial charge in [-0.3, -0.25) is 0 Å². The number of amides is 2. The maximum absolute atomic E-state index is 12.9. The van der Waals surface area contributed by atoms with Gasteiger partial charge in [-0.15, -0.1) is 10.2 Å². The molecule has 1 N–H and O–H groups in total. The molecule has 1 aromatic heterocycles. The number of hydrogen-bond acceptors (Lipinski definition) is 4. The molecular formula is C19H25N5O2. The summed E-state index contributed by atoms with van der Waals surface area (Å²) in [5.74, 6) is 1.95. The largest absolute Gasteiger partial charge is 0.384 e. The van der Waals surface area contributed by atoms with Crippen molar-refractivity contribution in [1.29, 1.82) is 0 Å². The Kier molecular flexibility index (Phi) is 4.88. The predicted molar refractivity (Wildman–Crippen MR) is 96.6 cm³/mol. The van der Waals surface area contributed by atoms with Gasteiger partial charge in [0.15, 0.2) is 0 Å². The summed E-state index contributed by atoms with van der Waals surface area (Å²) in [6.07, 6.45) is 3.59. The van der Waals surface area contributed by atoms with Gasteiger partial charge in [0.1, 0.15) is 11.6 Å². The van der Waals surface area contributed by atoms with Crippen LogP contribution in [0.15, 0.2) is 30.3 Å². The molecular weight excluding hydrogens is 330 g/mol. The number of aromatic nitrogens is 3. The third-order valence-corrected chi connectivity index (χ3v) is 5.39. The lowest BCUT2D eigenvalue weighted by atomic mass is 10.1. The van der Waals surface area contributed by atoms with Crippen LogP contribution < -0.4 is 5.32 Å². The Morgan fingerprint density at radius 2 is 2.04 bits per heavy atom. The molecule has 0 aliphatic carbocycles. The first kappa shape index (κ1) is 17.0. The summed E-state index contributed by atoms with van der Waals surface area (Å²) in [5, 5.41) is 11.8. The summed E-state index contributed by atoms with van der Waals surface area (Å²) in [6, 6.07) is 10.5. The second kappa shape index (κ2) is 7.45. The average Bonchev–Trinajstić information content (AvgIpc) is 3.18. The number of methoxy groups -OCH3 is 1. The van der Waals surface area contributed by atoms with Gasteiger partial charge >= 0.3 is 6.03 Å². The molecule has 2 unspecified atom stereocenters. The van der Waals surface area contributed by atoms with Crippen molar-refractivity contribution in [1.82, 2.24) is 25.0 Å². The van der Waals surface area contributed by atoms with Crippen LogP contribution in [0.2, 0.25) is 0 Å². The maximum Gasteiger partial charge on any atom is 0.318 e. The van der Waals surface area contributed by atoms with Gasteiger partial charge in [-0.1, -0.05) is 30.3 Å². The second-order valence-corrected chi connectivity index (χ2v) is 7.03. The van der Waals surface area contributed by atoms with E-state index in [1.165, 1.54) is 0 Å². The number of benzene rings is 1. The second-order valence-electron chi connectivity index (χ2n) is 7.03. The predicted octanol–water partition coefficient (Wildman–Crippen LogP) is 1.77. The Hall–Kier alpha value is -2.41. The van der Waals surface area contributed by atoms with Crippen LogP contribution in [0, 0.1) is 0 Å². The third kappa shape index (κ3) is 3.31. The minimum atomic E-state index is 0.0264. The fourth-order valence-electron chi connectivity index (χ4n) is 4.07. The van der Waals surface area contributed by atoms with Crippen molar-refractivity contribution in [2.24, 2.45) is 0 Å². The van der Waals surface area contributed by atoms with Crippen molar-refractivity contribution in [3.05, 3.63) is 47.5 Å². The summed E-state index contributed by atoms with van der Waals surface area (Å²) < 4.78 is 7.37. The molecule has 7 heteroatoms. The van der Waals surface area contributed by atoms with Crippen molar-refractivity contribution in [3.63, 3.8) is 0 Å². The van der Waals surface area contributed by atoms with Crippen LogP contribution in [0.4, 0.5) is 4.79 Å². The highest BCUT2D eigenvalue weighted by Crippen LogP contribution is 2.31. The smallest absolute Gasteiger partial charge is 0.318 e. The molecule has 138 valence electrons. The van der Waals surface area contributed by atoms with Crippen molar-refractivity contribution >= 4 is 6.03 Å². The normalized spacial score (nSPS) is 21.3. The number of urea groups is 1. The van der Waals surface area contributed by atoms with Crippen LogP contribution in [0.25, 0.3) is 0 Å². The first-order valence-corrected chi connectivity index (χ1v) is 9.26. The Morgan fingerprint density at radius 1 is 1.23 bits per heavy atom. The van der Waals surface area contributed by atoms with Gasteiger partial charge in [0.05, 0.1) is 12.6 Å². The number of carbonyl (C=O) groups excluding carboxylic acids is 1. The molecule has 2 bridgehead atoms. The Bertz CT molecular complexity index is 761. The van der Waals surface area contributed by atoms with Crippen LogP contribution in [-0.4, -0.2) is 51.5 Å². The molecule has 4 rings (SSSR count). The third-order valence-electron chi connectivity index (χ3n) is 5.39. The Balaban J connectivity index is 1.46. The van der Waals surface area contributed by atoms with Crippen LogP contribution in [0.1, 0.15) is 30.1 Å². The highest BCUT2D eigenvalue weighted by atomic mass is 16.5. The highest BCUT2D eigenvalue weighted by Gasteiger charge is 2.41. The minimum absolute atomic E-state index is 0.0264. The molecule has 1 aromatic carbocycles. The lowest BCUT2D eigenvalue weighted by molar-refractivity contribution is 0.170. The lowest BCUT2D eigenvalue weighted by Crippen LogP contribution is -2.47. The fourth-order valence-corrected chi connectivity index (χ4v) is 4.07. The molecule has 2 atom stereocenters. The van der Waals surface area contributed by atoms with Crippen LogP contribution in [0.5, 0.6) is 0 Å². The molecule has 2 amide bonds. The van der Waals surface area contributed by atoms with E-state index < -0.39 is 0 Å². The number of nitrogens with one attached hydrogen (secondary N) is 1. The number of hydrogen-bond donors (Lipinski definition) is 1. The van der Waals surface area contributed by atoms with Crippen LogP contribution in [-0.2, 0) is 30.7 Å². The van der Waals surface area contributed by atoms with E-state index >= 15 is 0 Å². The quantitative estimate of drug-likeness (QED) is 0.887. The molecule has 2 aliphatic rings. The zero-order valence-corrected chi connectivity index (χ0v) is 15.1. The summed E-state index contributed by atoms with van der Waals surface area (Å²) in [7, 11) is 1.69. The van der Waals surface area contributed by atoms with Gasteiger partial charge in [-0.25, -0.2) is 4.79 Å². The van der Waals surface area contributed by atoms with E-state index in [1.54, 1.807) is 7.11 Å². The molecule has 3 heterocycles.